The summed E-state index contributed by atoms with van der Waals surface area (Å²) in [6.45, 7) is 4.70. The van der Waals surface area contributed by atoms with Crippen molar-refractivity contribution in [3.05, 3.63) is 76.8 Å². The third-order valence-electron chi connectivity index (χ3n) is 6.16. The van der Waals surface area contributed by atoms with Crippen LogP contribution in [0.25, 0.3) is 11.1 Å². The molecule has 1 unspecified atom stereocenters. The van der Waals surface area contributed by atoms with E-state index in [0.29, 0.717) is 47.7 Å². The molecule has 3 heterocycles. The lowest BCUT2D eigenvalue weighted by molar-refractivity contribution is -0.111. The Bertz CT molecular complexity index is 1200. The van der Waals surface area contributed by atoms with Gasteiger partial charge in [0.1, 0.15) is 17.2 Å². The van der Waals surface area contributed by atoms with Gasteiger partial charge < -0.3 is 20.1 Å². The fraction of sp³-hybridized carbons (Fsp3) is 0.280. The van der Waals surface area contributed by atoms with Gasteiger partial charge in [0.25, 0.3) is 11.8 Å². The number of rotatable bonds is 2. The number of nitrogens with zero attached hydrogens (tertiary/aromatic N) is 1. The summed E-state index contributed by atoms with van der Waals surface area (Å²) in [5.74, 6) is -0.473. The molecule has 1 fully saturated rings. The number of likely N-dealkylation sites (tertiary alicyclic amines) is 1. The molecule has 0 spiro atoms. The summed E-state index contributed by atoms with van der Waals surface area (Å²) in [6.07, 6.45) is 1.95. The molecule has 1 atom stereocenters. The molecule has 2 aromatic carbocycles. The topological polar surface area (TPSA) is 78.9 Å². The highest BCUT2D eigenvalue weighted by atomic mass is 19.1. The Kier molecular flexibility index (Phi) is 4.67. The molecule has 0 aromatic heterocycles. The van der Waals surface area contributed by atoms with Gasteiger partial charge in [-0.1, -0.05) is 12.1 Å². The van der Waals surface area contributed by atoms with Gasteiger partial charge in [0.05, 0.1) is 11.7 Å². The minimum absolute atomic E-state index is 0.104. The third-order valence-corrected chi connectivity index (χ3v) is 6.16. The number of aliphatic hydroxyl groups is 1. The van der Waals surface area contributed by atoms with Gasteiger partial charge in [-0.2, -0.15) is 0 Å². The van der Waals surface area contributed by atoms with Gasteiger partial charge in [0, 0.05) is 35.5 Å². The number of nitrogens with one attached hydrogen (secondary N) is 1. The monoisotopic (exact) mass is 434 g/mol. The molecule has 1 saturated heterocycles. The fourth-order valence-corrected chi connectivity index (χ4v) is 4.50. The number of hydrogen-bond acceptors (Lipinski definition) is 4. The fourth-order valence-electron chi connectivity index (χ4n) is 4.50. The van der Waals surface area contributed by atoms with E-state index in [9.17, 15) is 19.1 Å². The van der Waals surface area contributed by atoms with Crippen molar-refractivity contribution < 1.29 is 23.8 Å². The molecule has 3 aliphatic rings. The summed E-state index contributed by atoms with van der Waals surface area (Å²) in [6, 6.07) is 11.4. The van der Waals surface area contributed by atoms with E-state index < -0.39 is 17.5 Å². The first kappa shape index (κ1) is 20.5. The molecule has 164 valence electrons. The maximum absolute atomic E-state index is 13.8. The van der Waals surface area contributed by atoms with Crippen LogP contribution in [-0.4, -0.2) is 46.6 Å². The molecule has 0 aliphatic carbocycles. The Hall–Kier alpha value is -3.45. The molecule has 5 rings (SSSR count). The number of aliphatic hydroxyl groups excluding tert-OH is 1. The van der Waals surface area contributed by atoms with E-state index in [2.05, 4.69) is 5.32 Å². The number of anilines is 1. The van der Waals surface area contributed by atoms with Gasteiger partial charge in [-0.05, 0) is 62.2 Å². The molecule has 0 bridgehead atoms. The summed E-state index contributed by atoms with van der Waals surface area (Å²) in [5.41, 5.74) is 2.89. The first-order valence-corrected chi connectivity index (χ1v) is 10.6. The van der Waals surface area contributed by atoms with E-state index in [1.807, 2.05) is 32.1 Å². The van der Waals surface area contributed by atoms with Gasteiger partial charge in [-0.15, -0.1) is 0 Å². The van der Waals surface area contributed by atoms with Crippen molar-refractivity contribution >= 4 is 28.6 Å². The number of halogens is 1. The van der Waals surface area contributed by atoms with Crippen LogP contribution in [0.15, 0.2) is 54.3 Å². The SMILES string of the molecule is CC1(C)O/C(=C2/C(=O)Nc3ccc(F)cc32)C=C1c1ccc(C(=O)N2CCC(O)C2)cc1. The maximum Gasteiger partial charge on any atom is 0.260 e. The number of β-amino-alcohol motifs (C(OH)–C–C–N with tert-alkyl or cyclic N) is 1. The van der Waals surface area contributed by atoms with Crippen molar-refractivity contribution in [3.8, 4) is 0 Å². The van der Waals surface area contributed by atoms with E-state index in [1.54, 1.807) is 17.0 Å². The molecule has 6 nitrogen and oxygen atoms in total. The van der Waals surface area contributed by atoms with Crippen molar-refractivity contribution in [1.82, 2.24) is 4.90 Å². The van der Waals surface area contributed by atoms with Crippen LogP contribution in [0.4, 0.5) is 10.1 Å². The molecule has 0 radical (unpaired) electrons. The summed E-state index contributed by atoms with van der Waals surface area (Å²) in [4.78, 5) is 26.9. The minimum atomic E-state index is -0.719. The zero-order valence-electron chi connectivity index (χ0n) is 17.8. The van der Waals surface area contributed by atoms with E-state index >= 15 is 0 Å². The van der Waals surface area contributed by atoms with Gasteiger partial charge >= 0.3 is 0 Å². The number of hydrogen-bond donors (Lipinski definition) is 2. The number of benzene rings is 2. The van der Waals surface area contributed by atoms with Crippen LogP contribution < -0.4 is 5.32 Å². The molecule has 3 aliphatic heterocycles. The molecular weight excluding hydrogens is 411 g/mol. The van der Waals surface area contributed by atoms with Crippen molar-refractivity contribution in [2.24, 2.45) is 0 Å². The van der Waals surface area contributed by atoms with Crippen LogP contribution in [-0.2, 0) is 9.53 Å². The first-order chi connectivity index (χ1) is 15.2. The summed E-state index contributed by atoms with van der Waals surface area (Å²) in [7, 11) is 0. The zero-order valence-corrected chi connectivity index (χ0v) is 17.8. The van der Waals surface area contributed by atoms with Crippen LogP contribution in [0.5, 0.6) is 0 Å². The van der Waals surface area contributed by atoms with Crippen LogP contribution in [0, 0.1) is 5.82 Å². The van der Waals surface area contributed by atoms with E-state index in [4.69, 9.17) is 4.74 Å². The highest BCUT2D eigenvalue weighted by molar-refractivity contribution is 6.32. The van der Waals surface area contributed by atoms with Crippen molar-refractivity contribution in [1.29, 1.82) is 0 Å². The molecule has 2 aromatic rings. The Labute approximate surface area is 185 Å². The highest BCUT2D eigenvalue weighted by Crippen LogP contribution is 2.44. The second kappa shape index (κ2) is 7.31. The standard InChI is InChI=1S/C25H23FN2O4/c1-25(2)19(14-3-5-15(6-4-14)24(31)28-10-9-17(29)13-28)12-21(32-25)22-18-11-16(26)7-8-20(18)27-23(22)30/h3-8,11-12,17,29H,9-10,13H2,1-2H3,(H,27,30)/b22-21+. The molecule has 0 saturated carbocycles. The first-order valence-electron chi connectivity index (χ1n) is 10.6. The lowest BCUT2D eigenvalue weighted by Crippen LogP contribution is -2.29. The van der Waals surface area contributed by atoms with Gasteiger partial charge in [0.15, 0.2) is 0 Å². The van der Waals surface area contributed by atoms with E-state index in [0.717, 1.165) is 11.1 Å². The number of ether oxygens (including phenoxy) is 1. The molecule has 7 heteroatoms. The van der Waals surface area contributed by atoms with Crippen molar-refractivity contribution in [3.63, 3.8) is 0 Å². The Morgan fingerprint density at radius 2 is 1.97 bits per heavy atom. The Morgan fingerprint density at radius 3 is 2.66 bits per heavy atom. The summed E-state index contributed by atoms with van der Waals surface area (Å²) >= 11 is 0. The second-order valence-corrected chi connectivity index (χ2v) is 8.82. The quantitative estimate of drug-likeness (QED) is 0.708. The number of carbonyl (C=O) groups excluding carboxylic acids is 2. The van der Waals surface area contributed by atoms with Crippen LogP contribution >= 0.6 is 0 Å². The van der Waals surface area contributed by atoms with Gasteiger partial charge in [-0.3, -0.25) is 9.59 Å². The van der Waals surface area contributed by atoms with Crippen molar-refractivity contribution in [2.75, 3.05) is 18.4 Å². The van der Waals surface area contributed by atoms with E-state index in [-0.39, 0.29) is 11.8 Å². The third kappa shape index (κ3) is 3.39. The molecular formula is C25H23FN2O4. The normalized spacial score (nSPS) is 23.6. The predicted octanol–water partition coefficient (Wildman–Crippen LogP) is 3.59. The average Bonchev–Trinajstić information content (AvgIpc) is 3.41. The number of fused-ring (bicyclic) bond motifs is 1. The molecule has 2 N–H and O–H groups in total. The van der Waals surface area contributed by atoms with Crippen molar-refractivity contribution in [2.45, 2.75) is 32.0 Å². The number of amides is 2. The smallest absolute Gasteiger partial charge is 0.260 e. The lowest BCUT2D eigenvalue weighted by Gasteiger charge is -2.23. The summed E-state index contributed by atoms with van der Waals surface area (Å²) in [5, 5.41) is 12.4. The largest absolute Gasteiger partial charge is 0.482 e. The van der Waals surface area contributed by atoms with Crippen LogP contribution in [0.3, 0.4) is 0 Å². The predicted molar refractivity (Wildman–Crippen MR) is 118 cm³/mol. The average molecular weight is 434 g/mol. The maximum atomic E-state index is 13.8. The summed E-state index contributed by atoms with van der Waals surface area (Å²) < 4.78 is 20.0. The van der Waals surface area contributed by atoms with Gasteiger partial charge in [0.2, 0.25) is 0 Å². The Morgan fingerprint density at radius 1 is 1.22 bits per heavy atom. The Balaban J connectivity index is 1.48. The highest BCUT2D eigenvalue weighted by Gasteiger charge is 2.38. The lowest BCUT2D eigenvalue weighted by atomic mass is 9.91. The minimum Gasteiger partial charge on any atom is -0.482 e. The van der Waals surface area contributed by atoms with Crippen LogP contribution in [0.2, 0.25) is 0 Å². The molecule has 2 amide bonds. The number of allylic oxidation sites excluding steroid dienone is 1. The zero-order chi connectivity index (χ0) is 22.6. The molecule has 32 heavy (non-hydrogen) atoms. The van der Waals surface area contributed by atoms with Crippen LogP contribution in [0.1, 0.15) is 41.8 Å². The number of carbonyl (C=O) groups is 2. The van der Waals surface area contributed by atoms with Gasteiger partial charge in [-0.25, -0.2) is 4.39 Å². The van der Waals surface area contributed by atoms with E-state index in [1.165, 1.54) is 18.2 Å². The second-order valence-electron chi connectivity index (χ2n) is 8.82.